The first-order chi connectivity index (χ1) is 9.20. The van der Waals surface area contributed by atoms with Crippen molar-refractivity contribution in [2.75, 3.05) is 29.6 Å². The molecule has 0 bridgehead atoms. The molecule has 7 nitrogen and oxygen atoms in total. The number of carbonyl (C=O) groups excluding carboxylic acids is 2. The van der Waals surface area contributed by atoms with Crippen LogP contribution in [0.15, 0.2) is 18.2 Å². The Morgan fingerprint density at radius 3 is 3.11 bits per heavy atom. The monoisotopic (exact) mass is 284 g/mol. The van der Waals surface area contributed by atoms with E-state index in [-0.39, 0.29) is 12.1 Å². The quantitative estimate of drug-likeness (QED) is 0.480. The van der Waals surface area contributed by atoms with E-state index >= 15 is 0 Å². The summed E-state index contributed by atoms with van der Waals surface area (Å²) >= 11 is 5.50. The summed E-state index contributed by atoms with van der Waals surface area (Å²) in [6.45, 7) is 1.46. The number of hydrogen-bond acceptors (Lipinski definition) is 2. The van der Waals surface area contributed by atoms with E-state index in [1.165, 1.54) is 0 Å². The van der Waals surface area contributed by atoms with Gasteiger partial charge in [0.25, 0.3) is 0 Å². The van der Waals surface area contributed by atoms with Crippen LogP contribution < -0.4 is 25.8 Å². The third-order valence-corrected chi connectivity index (χ3v) is 2.76. The molecule has 0 unspecified atom stereocenters. The van der Waals surface area contributed by atoms with Crippen molar-refractivity contribution in [3.8, 4) is 0 Å². The number of fused-ring (bicyclic) bond motifs is 1. The van der Waals surface area contributed by atoms with Crippen molar-refractivity contribution in [1.82, 2.24) is 10.6 Å². The average Bonchev–Trinajstić information content (AvgIpc) is 2.58. The molecular weight excluding hydrogens is 270 g/mol. The van der Waals surface area contributed by atoms with Crippen molar-refractivity contribution < 1.29 is 14.2 Å². The third-order valence-electron chi connectivity index (χ3n) is 2.57. The van der Waals surface area contributed by atoms with E-state index in [4.69, 9.17) is 11.6 Å². The number of amides is 4. The second-order valence-corrected chi connectivity index (χ2v) is 4.28. The Kier molecular flexibility index (Phi) is 4.40. The number of rotatable bonds is 3. The van der Waals surface area contributed by atoms with E-state index in [1.54, 1.807) is 18.2 Å². The Labute approximate surface area is 115 Å². The lowest BCUT2D eigenvalue weighted by Gasteiger charge is -2.09. The number of halogens is 1. The predicted octanol–water partition coefficient (Wildman–Crippen LogP) is 0.469. The van der Waals surface area contributed by atoms with Gasteiger partial charge in [-0.25, -0.2) is 24.8 Å². The van der Waals surface area contributed by atoms with E-state index in [0.717, 1.165) is 0 Å². The van der Waals surface area contributed by atoms with Crippen LogP contribution in [0.1, 0.15) is 0 Å². The van der Waals surface area contributed by atoms with Gasteiger partial charge in [-0.05, 0) is 6.07 Å². The SMILES string of the molecule is O=C(NCCCl)Nc1cccc2[n+]1CCNC(=O)N2. The summed E-state index contributed by atoms with van der Waals surface area (Å²) in [4.78, 5) is 23.0. The smallest absolute Gasteiger partial charge is 0.324 e. The molecule has 0 aromatic carbocycles. The number of urea groups is 2. The van der Waals surface area contributed by atoms with Gasteiger partial charge < -0.3 is 10.6 Å². The summed E-state index contributed by atoms with van der Waals surface area (Å²) in [7, 11) is 0. The normalized spacial score (nSPS) is 13.6. The van der Waals surface area contributed by atoms with E-state index < -0.39 is 0 Å². The first-order valence-electron chi connectivity index (χ1n) is 5.89. The van der Waals surface area contributed by atoms with Crippen molar-refractivity contribution in [2.24, 2.45) is 0 Å². The lowest BCUT2D eigenvalue weighted by atomic mass is 10.4. The molecule has 1 aromatic heterocycles. The molecule has 2 heterocycles. The molecule has 0 spiro atoms. The Bertz CT molecular complexity index is 494. The van der Waals surface area contributed by atoms with Gasteiger partial charge in [-0.3, -0.25) is 0 Å². The summed E-state index contributed by atoms with van der Waals surface area (Å²) in [5.41, 5.74) is 0. The van der Waals surface area contributed by atoms with E-state index in [9.17, 15) is 9.59 Å². The Morgan fingerprint density at radius 2 is 2.32 bits per heavy atom. The second kappa shape index (κ2) is 6.24. The van der Waals surface area contributed by atoms with Crippen molar-refractivity contribution in [2.45, 2.75) is 6.54 Å². The summed E-state index contributed by atoms with van der Waals surface area (Å²) in [6, 6.07) is 4.71. The second-order valence-electron chi connectivity index (χ2n) is 3.90. The van der Waals surface area contributed by atoms with Crippen molar-refractivity contribution in [1.29, 1.82) is 0 Å². The molecule has 0 fully saturated rings. The molecule has 0 radical (unpaired) electrons. The molecule has 8 heteroatoms. The van der Waals surface area contributed by atoms with Gasteiger partial charge in [0.1, 0.15) is 0 Å². The highest BCUT2D eigenvalue weighted by molar-refractivity contribution is 6.18. The average molecular weight is 285 g/mol. The van der Waals surface area contributed by atoms with Crippen LogP contribution in [0.25, 0.3) is 0 Å². The maximum atomic E-state index is 11.6. The minimum Gasteiger partial charge on any atom is -0.324 e. The maximum Gasteiger partial charge on any atom is 0.377 e. The molecule has 1 aromatic rings. The van der Waals surface area contributed by atoms with Gasteiger partial charge in [-0.2, -0.15) is 0 Å². The van der Waals surface area contributed by atoms with Crippen LogP contribution in [0, 0.1) is 0 Å². The van der Waals surface area contributed by atoms with Crippen LogP contribution >= 0.6 is 11.6 Å². The van der Waals surface area contributed by atoms with Gasteiger partial charge in [-0.1, -0.05) is 0 Å². The fraction of sp³-hybridized carbons (Fsp3) is 0.364. The topological polar surface area (TPSA) is 86.1 Å². The zero-order valence-electron chi connectivity index (χ0n) is 10.2. The molecule has 4 amide bonds. The molecule has 4 N–H and O–H groups in total. The zero-order valence-corrected chi connectivity index (χ0v) is 11.0. The molecular formula is C11H15ClN5O2+. The van der Waals surface area contributed by atoms with Crippen molar-refractivity contribution in [3.05, 3.63) is 18.2 Å². The van der Waals surface area contributed by atoms with Crippen LogP contribution in [0.4, 0.5) is 21.2 Å². The number of nitrogens with one attached hydrogen (secondary N) is 4. The van der Waals surface area contributed by atoms with E-state index in [2.05, 4.69) is 21.3 Å². The molecule has 102 valence electrons. The molecule has 19 heavy (non-hydrogen) atoms. The Hall–Kier alpha value is -2.02. The number of aromatic nitrogens is 1. The number of carbonyl (C=O) groups is 2. The van der Waals surface area contributed by atoms with E-state index in [1.807, 2.05) is 4.57 Å². The minimum atomic E-state index is -0.329. The molecule has 1 aliphatic heterocycles. The van der Waals surface area contributed by atoms with Gasteiger partial charge in [0.15, 0.2) is 0 Å². The van der Waals surface area contributed by atoms with Gasteiger partial charge in [0, 0.05) is 24.6 Å². The highest BCUT2D eigenvalue weighted by Gasteiger charge is 2.20. The van der Waals surface area contributed by atoms with Crippen molar-refractivity contribution in [3.63, 3.8) is 0 Å². The molecule has 0 atom stereocenters. The van der Waals surface area contributed by atoms with Crippen LogP contribution in [-0.2, 0) is 6.54 Å². The number of hydrogen-bond donors (Lipinski definition) is 4. The van der Waals surface area contributed by atoms with Gasteiger partial charge >= 0.3 is 12.1 Å². The van der Waals surface area contributed by atoms with Crippen molar-refractivity contribution >= 4 is 35.3 Å². The molecule has 0 saturated heterocycles. The zero-order chi connectivity index (χ0) is 13.7. The lowest BCUT2D eigenvalue weighted by molar-refractivity contribution is -0.665. The maximum absolute atomic E-state index is 11.6. The van der Waals surface area contributed by atoms with Gasteiger partial charge in [0.2, 0.25) is 11.6 Å². The van der Waals surface area contributed by atoms with Crippen LogP contribution in [0.2, 0.25) is 0 Å². The number of pyridine rings is 1. The first-order valence-corrected chi connectivity index (χ1v) is 6.42. The fourth-order valence-corrected chi connectivity index (χ4v) is 1.86. The summed E-state index contributed by atoms with van der Waals surface area (Å²) in [5.74, 6) is 1.59. The Balaban J connectivity index is 2.15. The highest BCUT2D eigenvalue weighted by Crippen LogP contribution is 2.08. The summed E-state index contributed by atoms with van der Waals surface area (Å²) < 4.78 is 1.82. The van der Waals surface area contributed by atoms with E-state index in [0.29, 0.717) is 37.1 Å². The molecule has 0 saturated carbocycles. The third kappa shape index (κ3) is 3.47. The number of alkyl halides is 1. The molecule has 1 aliphatic rings. The van der Waals surface area contributed by atoms with Gasteiger partial charge in [-0.15, -0.1) is 11.6 Å². The Morgan fingerprint density at radius 1 is 1.47 bits per heavy atom. The highest BCUT2D eigenvalue weighted by atomic mass is 35.5. The van der Waals surface area contributed by atoms with Crippen LogP contribution in [0.3, 0.4) is 0 Å². The standard InChI is InChI=1S/C11H14ClN5O2/c12-4-5-13-10(18)15-8-2-1-3-9-16-11(19)14-6-7-17(8)9/h1-3H,4-7H2,(H3,13,14,15,16,18,19)/p+1. The summed E-state index contributed by atoms with van der Waals surface area (Å²) in [6.07, 6.45) is 0. The largest absolute Gasteiger partial charge is 0.377 e. The van der Waals surface area contributed by atoms with Crippen LogP contribution in [-0.4, -0.2) is 31.0 Å². The number of nitrogens with zero attached hydrogens (tertiary/aromatic N) is 1. The predicted molar refractivity (Wildman–Crippen MR) is 71.4 cm³/mol. The minimum absolute atomic E-state index is 0.255. The fourth-order valence-electron chi connectivity index (χ4n) is 1.76. The molecule has 0 aliphatic carbocycles. The first kappa shape index (κ1) is 13.4. The van der Waals surface area contributed by atoms with Gasteiger partial charge in [0.05, 0.1) is 13.1 Å². The van der Waals surface area contributed by atoms with Crippen LogP contribution in [0.5, 0.6) is 0 Å². The molecule has 2 rings (SSSR count). The lowest BCUT2D eigenvalue weighted by Crippen LogP contribution is -2.43. The number of anilines is 2. The summed E-state index contributed by atoms with van der Waals surface area (Å²) in [5, 5.41) is 10.7.